The molecule has 0 saturated carbocycles. The monoisotopic (exact) mass is 385 g/mol. The second-order valence-corrected chi connectivity index (χ2v) is 6.69. The van der Waals surface area contributed by atoms with Crippen molar-refractivity contribution < 1.29 is 18.7 Å². The van der Waals surface area contributed by atoms with Crippen LogP contribution in [0.5, 0.6) is 0 Å². The summed E-state index contributed by atoms with van der Waals surface area (Å²) in [5.74, 6) is -0.926. The van der Waals surface area contributed by atoms with Gasteiger partial charge in [-0.25, -0.2) is 4.39 Å². The first-order chi connectivity index (χ1) is 12.0. The zero-order chi connectivity index (χ0) is 17.9. The fraction of sp³-hybridized carbons (Fsp3) is 0.556. The van der Waals surface area contributed by atoms with Gasteiger partial charge < -0.3 is 20.3 Å². The van der Waals surface area contributed by atoms with Crippen molar-refractivity contribution in [2.24, 2.45) is 5.73 Å². The van der Waals surface area contributed by atoms with Gasteiger partial charge in [-0.1, -0.05) is 12.1 Å². The first-order valence-corrected chi connectivity index (χ1v) is 8.71. The Morgan fingerprint density at radius 2 is 1.65 bits per heavy atom. The van der Waals surface area contributed by atoms with Gasteiger partial charge in [0.25, 0.3) is 5.91 Å². The fourth-order valence-electron chi connectivity index (χ4n) is 3.39. The van der Waals surface area contributed by atoms with E-state index in [-0.39, 0.29) is 29.8 Å². The van der Waals surface area contributed by atoms with Gasteiger partial charge in [0, 0.05) is 39.4 Å². The summed E-state index contributed by atoms with van der Waals surface area (Å²) in [6.07, 6.45) is 1.68. The standard InChI is InChI=1S/C18H24FN3O3.ClH/c19-15-5-2-1-4-14(15)16(23)21-8-3-9-22(11-10-21)17(24)18(20)6-12-25-13-7-18;/h1-2,4-5H,3,6-13,20H2;1H. The molecule has 2 aliphatic rings. The van der Waals surface area contributed by atoms with E-state index >= 15 is 0 Å². The van der Waals surface area contributed by atoms with E-state index in [9.17, 15) is 14.0 Å². The Bertz CT molecular complexity index is 652. The number of ether oxygens (including phenoxy) is 1. The van der Waals surface area contributed by atoms with Crippen molar-refractivity contribution >= 4 is 24.2 Å². The first-order valence-electron chi connectivity index (χ1n) is 8.71. The van der Waals surface area contributed by atoms with Gasteiger partial charge in [0.1, 0.15) is 5.82 Å². The summed E-state index contributed by atoms with van der Waals surface area (Å²) in [4.78, 5) is 28.7. The molecule has 2 saturated heterocycles. The van der Waals surface area contributed by atoms with Crippen LogP contribution in [0.2, 0.25) is 0 Å². The Labute approximate surface area is 158 Å². The number of hydrogen-bond acceptors (Lipinski definition) is 4. The zero-order valence-corrected chi connectivity index (χ0v) is 15.5. The maximum atomic E-state index is 13.9. The third-order valence-corrected chi connectivity index (χ3v) is 4.99. The topological polar surface area (TPSA) is 75.9 Å². The Hall–Kier alpha value is -1.70. The minimum Gasteiger partial charge on any atom is -0.381 e. The van der Waals surface area contributed by atoms with Crippen molar-refractivity contribution in [1.82, 2.24) is 9.80 Å². The summed E-state index contributed by atoms with van der Waals surface area (Å²) in [6, 6.07) is 5.98. The highest BCUT2D eigenvalue weighted by Crippen LogP contribution is 2.22. The normalized spacial score (nSPS) is 20.1. The molecule has 0 aliphatic carbocycles. The highest BCUT2D eigenvalue weighted by molar-refractivity contribution is 5.94. The lowest BCUT2D eigenvalue weighted by molar-refractivity contribution is -0.140. The van der Waals surface area contributed by atoms with Crippen molar-refractivity contribution in [3.63, 3.8) is 0 Å². The summed E-state index contributed by atoms with van der Waals surface area (Å²) >= 11 is 0. The number of nitrogens with two attached hydrogens (primary N) is 1. The maximum absolute atomic E-state index is 13.9. The van der Waals surface area contributed by atoms with Crippen LogP contribution in [0.25, 0.3) is 0 Å². The average Bonchev–Trinajstić information content (AvgIpc) is 2.87. The predicted molar refractivity (Wildman–Crippen MR) is 97.7 cm³/mol. The molecule has 2 N–H and O–H groups in total. The minimum absolute atomic E-state index is 0. The van der Waals surface area contributed by atoms with Gasteiger partial charge in [-0.2, -0.15) is 0 Å². The third kappa shape index (κ3) is 4.34. The number of halogens is 2. The second-order valence-electron chi connectivity index (χ2n) is 6.69. The summed E-state index contributed by atoms with van der Waals surface area (Å²) in [5, 5.41) is 0. The number of carbonyl (C=O) groups is 2. The molecular formula is C18H25ClFN3O3. The summed E-state index contributed by atoms with van der Waals surface area (Å²) in [7, 11) is 0. The molecule has 2 fully saturated rings. The molecular weight excluding hydrogens is 361 g/mol. The van der Waals surface area contributed by atoms with Crippen LogP contribution in [0.15, 0.2) is 24.3 Å². The van der Waals surface area contributed by atoms with E-state index in [0.29, 0.717) is 58.7 Å². The molecule has 0 aromatic heterocycles. The second kappa shape index (κ2) is 8.79. The highest BCUT2D eigenvalue weighted by Gasteiger charge is 2.39. The zero-order valence-electron chi connectivity index (χ0n) is 14.7. The van der Waals surface area contributed by atoms with Crippen LogP contribution in [0.1, 0.15) is 29.6 Å². The summed E-state index contributed by atoms with van der Waals surface area (Å²) in [5.41, 5.74) is 5.49. The van der Waals surface area contributed by atoms with Crippen LogP contribution in [-0.2, 0) is 9.53 Å². The third-order valence-electron chi connectivity index (χ3n) is 4.99. The molecule has 26 heavy (non-hydrogen) atoms. The molecule has 144 valence electrons. The van der Waals surface area contributed by atoms with Crippen LogP contribution in [0.4, 0.5) is 4.39 Å². The van der Waals surface area contributed by atoms with Crippen molar-refractivity contribution in [2.45, 2.75) is 24.8 Å². The average molecular weight is 386 g/mol. The fourth-order valence-corrected chi connectivity index (χ4v) is 3.39. The molecule has 0 spiro atoms. The lowest BCUT2D eigenvalue weighted by atomic mass is 9.89. The Balaban J connectivity index is 0.00000243. The van der Waals surface area contributed by atoms with Gasteiger partial charge in [-0.3, -0.25) is 9.59 Å². The number of carbonyl (C=O) groups excluding carboxylic acids is 2. The lowest BCUT2D eigenvalue weighted by Gasteiger charge is -2.36. The number of nitrogens with zero attached hydrogens (tertiary/aromatic N) is 2. The van der Waals surface area contributed by atoms with E-state index in [1.165, 1.54) is 12.1 Å². The van der Waals surface area contributed by atoms with Crippen LogP contribution in [0.3, 0.4) is 0 Å². The van der Waals surface area contributed by atoms with Crippen molar-refractivity contribution in [2.75, 3.05) is 39.4 Å². The van der Waals surface area contributed by atoms with Gasteiger partial charge in [0.2, 0.25) is 5.91 Å². The molecule has 0 unspecified atom stereocenters. The largest absolute Gasteiger partial charge is 0.381 e. The van der Waals surface area contributed by atoms with E-state index in [2.05, 4.69) is 0 Å². The molecule has 6 nitrogen and oxygen atoms in total. The number of benzene rings is 1. The van der Waals surface area contributed by atoms with E-state index in [1.54, 1.807) is 21.9 Å². The van der Waals surface area contributed by atoms with Gasteiger partial charge in [0.15, 0.2) is 0 Å². The molecule has 0 atom stereocenters. The van der Waals surface area contributed by atoms with E-state index < -0.39 is 11.4 Å². The number of amides is 2. The van der Waals surface area contributed by atoms with Gasteiger partial charge in [0.05, 0.1) is 11.1 Å². The van der Waals surface area contributed by atoms with Crippen molar-refractivity contribution in [3.05, 3.63) is 35.6 Å². The van der Waals surface area contributed by atoms with Crippen LogP contribution >= 0.6 is 12.4 Å². The van der Waals surface area contributed by atoms with E-state index in [1.807, 2.05) is 0 Å². The summed E-state index contributed by atoms with van der Waals surface area (Å²) < 4.78 is 19.2. The highest BCUT2D eigenvalue weighted by atomic mass is 35.5. The minimum atomic E-state index is -0.872. The Morgan fingerprint density at radius 1 is 1.04 bits per heavy atom. The van der Waals surface area contributed by atoms with Crippen LogP contribution in [0, 0.1) is 5.82 Å². The van der Waals surface area contributed by atoms with Crippen LogP contribution < -0.4 is 5.73 Å². The molecule has 1 aromatic rings. The van der Waals surface area contributed by atoms with Crippen LogP contribution in [-0.4, -0.2) is 66.5 Å². The van der Waals surface area contributed by atoms with E-state index in [0.717, 1.165) is 0 Å². The molecule has 0 radical (unpaired) electrons. The Kier molecular flexibility index (Phi) is 6.97. The molecule has 2 amide bonds. The molecule has 3 rings (SSSR count). The summed E-state index contributed by atoms with van der Waals surface area (Å²) in [6.45, 7) is 2.84. The van der Waals surface area contributed by atoms with Crippen molar-refractivity contribution in [3.8, 4) is 0 Å². The lowest BCUT2D eigenvalue weighted by Crippen LogP contribution is -2.58. The van der Waals surface area contributed by atoms with Gasteiger partial charge in [-0.15, -0.1) is 12.4 Å². The smallest absolute Gasteiger partial charge is 0.256 e. The predicted octanol–water partition coefficient (Wildman–Crippen LogP) is 1.43. The molecule has 2 aliphatic heterocycles. The SMILES string of the molecule is Cl.NC1(C(=O)N2CCCN(C(=O)c3ccccc3F)CC2)CCOCC1. The van der Waals surface area contributed by atoms with E-state index in [4.69, 9.17) is 10.5 Å². The maximum Gasteiger partial charge on any atom is 0.256 e. The molecule has 0 bridgehead atoms. The quantitative estimate of drug-likeness (QED) is 0.835. The van der Waals surface area contributed by atoms with Gasteiger partial charge >= 0.3 is 0 Å². The number of hydrogen-bond donors (Lipinski definition) is 1. The van der Waals surface area contributed by atoms with Gasteiger partial charge in [-0.05, 0) is 31.4 Å². The molecule has 2 heterocycles. The first kappa shape index (κ1) is 20.6. The molecule has 8 heteroatoms. The number of rotatable bonds is 2. The molecule has 1 aromatic carbocycles. The Morgan fingerprint density at radius 3 is 2.35 bits per heavy atom. The van der Waals surface area contributed by atoms with Crippen molar-refractivity contribution in [1.29, 1.82) is 0 Å².